The maximum absolute atomic E-state index is 12.8. The highest BCUT2D eigenvalue weighted by molar-refractivity contribution is 5.95. The van der Waals surface area contributed by atoms with Crippen LogP contribution in [0.3, 0.4) is 0 Å². The van der Waals surface area contributed by atoms with Gasteiger partial charge in [-0.1, -0.05) is 18.2 Å². The standard InChI is InChI=1S/C20H22F2N2O3/c1-2-26-18-14-15(8-9-17(18)27-20(21)22)19(25)24-12-10-23(11-13-24)16-6-4-3-5-7-16/h3-9,14,20H,2,10-13H2,1H3. The summed E-state index contributed by atoms with van der Waals surface area (Å²) in [6.07, 6.45) is 0. The van der Waals surface area contributed by atoms with Crippen molar-refractivity contribution in [2.75, 3.05) is 37.7 Å². The molecule has 1 amide bonds. The fraction of sp³-hybridized carbons (Fsp3) is 0.350. The number of carbonyl (C=O) groups excluding carboxylic acids is 1. The monoisotopic (exact) mass is 376 g/mol. The molecule has 0 radical (unpaired) electrons. The van der Waals surface area contributed by atoms with Crippen molar-refractivity contribution in [3.63, 3.8) is 0 Å². The second kappa shape index (κ2) is 8.70. The summed E-state index contributed by atoms with van der Waals surface area (Å²) in [6, 6.07) is 14.4. The van der Waals surface area contributed by atoms with Gasteiger partial charge in [0.05, 0.1) is 6.61 Å². The number of alkyl halides is 2. The van der Waals surface area contributed by atoms with Crippen LogP contribution in [0.25, 0.3) is 0 Å². The SMILES string of the molecule is CCOc1cc(C(=O)N2CCN(c3ccccc3)CC2)ccc1OC(F)F. The molecule has 2 aromatic carbocycles. The van der Waals surface area contributed by atoms with Gasteiger partial charge in [0.1, 0.15) is 0 Å². The summed E-state index contributed by atoms with van der Waals surface area (Å²) in [5.41, 5.74) is 1.53. The number of carbonyl (C=O) groups is 1. The normalized spacial score (nSPS) is 14.4. The van der Waals surface area contributed by atoms with Gasteiger partial charge >= 0.3 is 6.61 Å². The van der Waals surface area contributed by atoms with E-state index in [0.29, 0.717) is 18.7 Å². The summed E-state index contributed by atoms with van der Waals surface area (Å²) in [5, 5.41) is 0. The Balaban J connectivity index is 1.68. The predicted octanol–water partition coefficient (Wildman–Crippen LogP) is 3.65. The number of nitrogens with zero attached hydrogens (tertiary/aromatic N) is 2. The minimum Gasteiger partial charge on any atom is -0.490 e. The second-order valence-electron chi connectivity index (χ2n) is 6.09. The van der Waals surface area contributed by atoms with Crippen LogP contribution in [0.2, 0.25) is 0 Å². The minimum absolute atomic E-state index is 0.0719. The molecule has 0 aliphatic carbocycles. The lowest BCUT2D eigenvalue weighted by atomic mass is 10.1. The lowest BCUT2D eigenvalue weighted by Gasteiger charge is -2.36. The van der Waals surface area contributed by atoms with Crippen LogP contribution < -0.4 is 14.4 Å². The van der Waals surface area contributed by atoms with E-state index in [-0.39, 0.29) is 24.0 Å². The van der Waals surface area contributed by atoms with Crippen molar-refractivity contribution < 1.29 is 23.0 Å². The Hall–Kier alpha value is -2.83. The first kappa shape index (κ1) is 18.9. The Kier molecular flexibility index (Phi) is 6.11. The van der Waals surface area contributed by atoms with Gasteiger partial charge in [0.25, 0.3) is 5.91 Å². The van der Waals surface area contributed by atoms with E-state index in [9.17, 15) is 13.6 Å². The fourth-order valence-corrected chi connectivity index (χ4v) is 3.09. The second-order valence-corrected chi connectivity index (χ2v) is 6.09. The van der Waals surface area contributed by atoms with Crippen LogP contribution in [0.4, 0.5) is 14.5 Å². The number of amides is 1. The highest BCUT2D eigenvalue weighted by atomic mass is 19.3. The number of para-hydroxylation sites is 1. The Morgan fingerprint density at radius 2 is 1.74 bits per heavy atom. The molecule has 7 heteroatoms. The molecule has 3 rings (SSSR count). The molecule has 0 spiro atoms. The average Bonchev–Trinajstić information content (AvgIpc) is 2.69. The molecule has 5 nitrogen and oxygen atoms in total. The first-order chi connectivity index (χ1) is 13.1. The van der Waals surface area contributed by atoms with Crippen molar-refractivity contribution in [3.05, 3.63) is 54.1 Å². The number of hydrogen-bond acceptors (Lipinski definition) is 4. The first-order valence-corrected chi connectivity index (χ1v) is 8.89. The predicted molar refractivity (Wildman–Crippen MR) is 98.8 cm³/mol. The van der Waals surface area contributed by atoms with Gasteiger partial charge in [0.15, 0.2) is 11.5 Å². The number of benzene rings is 2. The lowest BCUT2D eigenvalue weighted by molar-refractivity contribution is -0.0514. The number of hydrogen-bond donors (Lipinski definition) is 0. The van der Waals surface area contributed by atoms with E-state index >= 15 is 0 Å². The van der Waals surface area contributed by atoms with E-state index in [1.807, 2.05) is 30.3 Å². The summed E-state index contributed by atoms with van der Waals surface area (Å²) in [6.45, 7) is 1.73. The molecule has 0 bridgehead atoms. The van der Waals surface area contributed by atoms with Gasteiger partial charge < -0.3 is 19.3 Å². The third-order valence-electron chi connectivity index (χ3n) is 4.39. The summed E-state index contributed by atoms with van der Waals surface area (Å²) in [5.74, 6) is -0.0730. The van der Waals surface area contributed by atoms with Crippen LogP contribution in [-0.4, -0.2) is 50.2 Å². The fourth-order valence-electron chi connectivity index (χ4n) is 3.09. The molecule has 0 unspecified atom stereocenters. The average molecular weight is 376 g/mol. The van der Waals surface area contributed by atoms with Crippen LogP contribution in [0.1, 0.15) is 17.3 Å². The van der Waals surface area contributed by atoms with E-state index < -0.39 is 6.61 Å². The Bertz CT molecular complexity index is 763. The minimum atomic E-state index is -2.95. The zero-order chi connectivity index (χ0) is 19.2. The third kappa shape index (κ3) is 4.67. The molecule has 144 valence electrons. The number of ether oxygens (including phenoxy) is 2. The Morgan fingerprint density at radius 1 is 1.04 bits per heavy atom. The molecular weight excluding hydrogens is 354 g/mol. The van der Waals surface area contributed by atoms with Crippen LogP contribution in [-0.2, 0) is 0 Å². The molecule has 0 atom stereocenters. The van der Waals surface area contributed by atoms with E-state index in [1.165, 1.54) is 18.2 Å². The zero-order valence-corrected chi connectivity index (χ0v) is 15.1. The van der Waals surface area contributed by atoms with Gasteiger partial charge in [-0.2, -0.15) is 8.78 Å². The summed E-state index contributed by atoms with van der Waals surface area (Å²) in [4.78, 5) is 16.8. The summed E-state index contributed by atoms with van der Waals surface area (Å²) in [7, 11) is 0. The van der Waals surface area contributed by atoms with Gasteiger partial charge in [-0.25, -0.2) is 0 Å². The largest absolute Gasteiger partial charge is 0.490 e. The Morgan fingerprint density at radius 3 is 2.37 bits per heavy atom. The number of anilines is 1. The van der Waals surface area contributed by atoms with Gasteiger partial charge in [-0.3, -0.25) is 4.79 Å². The van der Waals surface area contributed by atoms with E-state index in [4.69, 9.17) is 4.74 Å². The van der Waals surface area contributed by atoms with Crippen LogP contribution in [0, 0.1) is 0 Å². The van der Waals surface area contributed by atoms with Crippen molar-refractivity contribution in [1.82, 2.24) is 4.90 Å². The number of piperazine rings is 1. The van der Waals surface area contributed by atoms with Gasteiger partial charge in [-0.15, -0.1) is 0 Å². The van der Waals surface area contributed by atoms with Crippen LogP contribution in [0.5, 0.6) is 11.5 Å². The van der Waals surface area contributed by atoms with Crippen LogP contribution >= 0.6 is 0 Å². The third-order valence-corrected chi connectivity index (χ3v) is 4.39. The van der Waals surface area contributed by atoms with Crippen molar-refractivity contribution in [2.24, 2.45) is 0 Å². The lowest BCUT2D eigenvalue weighted by Crippen LogP contribution is -2.48. The van der Waals surface area contributed by atoms with E-state index in [2.05, 4.69) is 9.64 Å². The molecule has 0 saturated carbocycles. The van der Waals surface area contributed by atoms with Gasteiger partial charge in [-0.05, 0) is 37.3 Å². The maximum Gasteiger partial charge on any atom is 0.387 e. The van der Waals surface area contributed by atoms with Crippen molar-refractivity contribution in [3.8, 4) is 11.5 Å². The van der Waals surface area contributed by atoms with E-state index in [0.717, 1.165) is 18.8 Å². The molecule has 1 fully saturated rings. The maximum atomic E-state index is 12.8. The molecule has 0 aromatic heterocycles. The highest BCUT2D eigenvalue weighted by Gasteiger charge is 2.23. The van der Waals surface area contributed by atoms with Crippen molar-refractivity contribution >= 4 is 11.6 Å². The summed E-state index contributed by atoms with van der Waals surface area (Å²) >= 11 is 0. The highest BCUT2D eigenvalue weighted by Crippen LogP contribution is 2.30. The Labute approximate surface area is 157 Å². The van der Waals surface area contributed by atoms with E-state index in [1.54, 1.807) is 11.8 Å². The molecule has 2 aromatic rings. The topological polar surface area (TPSA) is 42.0 Å². The smallest absolute Gasteiger partial charge is 0.387 e. The molecule has 27 heavy (non-hydrogen) atoms. The van der Waals surface area contributed by atoms with Crippen molar-refractivity contribution in [2.45, 2.75) is 13.5 Å². The zero-order valence-electron chi connectivity index (χ0n) is 15.1. The molecule has 1 aliphatic heterocycles. The first-order valence-electron chi connectivity index (χ1n) is 8.89. The summed E-state index contributed by atoms with van der Waals surface area (Å²) < 4.78 is 34.8. The van der Waals surface area contributed by atoms with Crippen LogP contribution in [0.15, 0.2) is 48.5 Å². The molecule has 1 aliphatic rings. The van der Waals surface area contributed by atoms with Crippen molar-refractivity contribution in [1.29, 1.82) is 0 Å². The molecule has 1 heterocycles. The molecule has 0 N–H and O–H groups in total. The quantitative estimate of drug-likeness (QED) is 0.772. The van der Waals surface area contributed by atoms with Gasteiger partial charge in [0, 0.05) is 37.4 Å². The molecule has 1 saturated heterocycles. The molecular formula is C20H22F2N2O3. The number of rotatable bonds is 6. The number of halogens is 2. The van der Waals surface area contributed by atoms with Gasteiger partial charge in [0.2, 0.25) is 0 Å².